The number of hydrogen-bond acceptors (Lipinski definition) is 3. The van der Waals surface area contributed by atoms with Crippen LogP contribution < -0.4 is 4.74 Å². The van der Waals surface area contributed by atoms with E-state index in [2.05, 4.69) is 4.98 Å². The van der Waals surface area contributed by atoms with E-state index in [1.54, 1.807) is 18.3 Å². The minimum absolute atomic E-state index is 0.340. The largest absolute Gasteiger partial charge is 0.438 e. The first-order chi connectivity index (χ1) is 7.81. The van der Waals surface area contributed by atoms with Crippen LogP contribution in [-0.2, 0) is 0 Å². The molecule has 1 aromatic carbocycles. The van der Waals surface area contributed by atoms with E-state index in [4.69, 9.17) is 4.74 Å². The quantitative estimate of drug-likeness (QED) is 0.736. The van der Waals surface area contributed by atoms with Crippen molar-refractivity contribution in [2.24, 2.45) is 0 Å². The lowest BCUT2D eigenvalue weighted by Crippen LogP contribution is -1.94. The van der Waals surface area contributed by atoms with Crippen molar-refractivity contribution >= 4 is 6.29 Å². The second-order valence-corrected chi connectivity index (χ2v) is 3.38. The zero-order valence-electron chi connectivity index (χ0n) is 8.88. The zero-order chi connectivity index (χ0) is 11.4. The molecule has 0 saturated heterocycles. The fraction of sp³-hybridized carbons (Fsp3) is 0.0769. The average Bonchev–Trinajstić information content (AvgIpc) is 2.33. The van der Waals surface area contributed by atoms with E-state index >= 15 is 0 Å². The predicted molar refractivity (Wildman–Crippen MR) is 60.9 cm³/mol. The van der Waals surface area contributed by atoms with Crippen molar-refractivity contribution in [2.45, 2.75) is 6.92 Å². The Morgan fingerprint density at radius 1 is 1.19 bits per heavy atom. The van der Waals surface area contributed by atoms with E-state index in [1.165, 1.54) is 0 Å². The Kier molecular flexibility index (Phi) is 2.96. The van der Waals surface area contributed by atoms with Gasteiger partial charge in [-0.05, 0) is 30.7 Å². The molecule has 0 aliphatic carbocycles. The van der Waals surface area contributed by atoms with Crippen LogP contribution in [0.5, 0.6) is 11.6 Å². The molecule has 1 aromatic heterocycles. The number of carbonyl (C=O) groups excluding carboxylic acids is 1. The molecule has 16 heavy (non-hydrogen) atoms. The van der Waals surface area contributed by atoms with Gasteiger partial charge in [0.2, 0.25) is 5.88 Å². The van der Waals surface area contributed by atoms with Crippen LogP contribution in [0.4, 0.5) is 0 Å². The van der Waals surface area contributed by atoms with Gasteiger partial charge in [0.05, 0.1) is 5.56 Å². The molecule has 0 aliphatic rings. The van der Waals surface area contributed by atoms with Crippen LogP contribution in [0.2, 0.25) is 0 Å². The number of para-hydroxylation sites is 1. The van der Waals surface area contributed by atoms with Gasteiger partial charge in [-0.1, -0.05) is 18.2 Å². The molecule has 0 amide bonds. The molecule has 3 heteroatoms. The Bertz CT molecular complexity index is 509. The van der Waals surface area contributed by atoms with Crippen molar-refractivity contribution in [1.29, 1.82) is 0 Å². The van der Waals surface area contributed by atoms with Crippen molar-refractivity contribution in [3.63, 3.8) is 0 Å². The molecule has 0 aliphatic heterocycles. The second kappa shape index (κ2) is 4.57. The van der Waals surface area contributed by atoms with Crippen LogP contribution in [0, 0.1) is 6.92 Å². The minimum atomic E-state index is 0.340. The van der Waals surface area contributed by atoms with Crippen LogP contribution in [0.1, 0.15) is 15.9 Å². The monoisotopic (exact) mass is 213 g/mol. The Hall–Kier alpha value is -2.16. The summed E-state index contributed by atoms with van der Waals surface area (Å²) in [5.74, 6) is 1.05. The summed E-state index contributed by atoms with van der Waals surface area (Å²) in [4.78, 5) is 14.8. The highest BCUT2D eigenvalue weighted by atomic mass is 16.5. The predicted octanol–water partition coefficient (Wildman–Crippen LogP) is 2.99. The third-order valence-electron chi connectivity index (χ3n) is 2.23. The molecule has 0 unspecified atom stereocenters. The third kappa shape index (κ3) is 2.08. The molecule has 2 rings (SSSR count). The van der Waals surface area contributed by atoms with Crippen molar-refractivity contribution in [3.8, 4) is 11.6 Å². The van der Waals surface area contributed by atoms with Gasteiger partial charge in [0, 0.05) is 6.20 Å². The number of rotatable bonds is 3. The lowest BCUT2D eigenvalue weighted by Gasteiger charge is -2.08. The molecule has 0 saturated carbocycles. The summed E-state index contributed by atoms with van der Waals surface area (Å²) >= 11 is 0. The molecule has 3 nitrogen and oxygen atoms in total. The van der Waals surface area contributed by atoms with Crippen LogP contribution in [0.3, 0.4) is 0 Å². The van der Waals surface area contributed by atoms with Crippen molar-refractivity contribution < 1.29 is 9.53 Å². The Morgan fingerprint density at radius 3 is 2.75 bits per heavy atom. The molecule has 0 bridgehead atoms. The first-order valence-electron chi connectivity index (χ1n) is 4.95. The Labute approximate surface area is 93.7 Å². The zero-order valence-corrected chi connectivity index (χ0v) is 8.88. The van der Waals surface area contributed by atoms with Gasteiger partial charge < -0.3 is 4.74 Å². The molecular weight excluding hydrogens is 202 g/mol. The van der Waals surface area contributed by atoms with Crippen LogP contribution in [0.25, 0.3) is 0 Å². The number of hydrogen-bond donors (Lipinski definition) is 0. The number of pyridine rings is 1. The Morgan fingerprint density at radius 2 is 2.00 bits per heavy atom. The van der Waals surface area contributed by atoms with Gasteiger partial charge in [0.1, 0.15) is 5.75 Å². The standard InChI is InChI=1S/C13H11NO2/c1-10-5-2-3-7-12(10)16-13-11(9-15)6-4-8-14-13/h2-9H,1H3. The average molecular weight is 213 g/mol. The maximum atomic E-state index is 10.8. The van der Waals surface area contributed by atoms with Gasteiger partial charge in [0.15, 0.2) is 6.29 Å². The number of benzene rings is 1. The highest BCUT2D eigenvalue weighted by molar-refractivity contribution is 5.78. The summed E-state index contributed by atoms with van der Waals surface area (Å²) in [7, 11) is 0. The molecule has 0 atom stereocenters. The van der Waals surface area contributed by atoms with Gasteiger partial charge in [-0.25, -0.2) is 4.98 Å². The van der Waals surface area contributed by atoms with E-state index < -0.39 is 0 Å². The summed E-state index contributed by atoms with van der Waals surface area (Å²) in [6, 6.07) is 11.0. The lowest BCUT2D eigenvalue weighted by atomic mass is 10.2. The van der Waals surface area contributed by atoms with E-state index in [0.29, 0.717) is 17.2 Å². The maximum absolute atomic E-state index is 10.8. The number of carbonyl (C=O) groups is 1. The molecule has 2 aromatic rings. The van der Waals surface area contributed by atoms with Crippen LogP contribution in [0.15, 0.2) is 42.6 Å². The summed E-state index contributed by atoms with van der Waals surface area (Å²) in [5, 5.41) is 0. The normalized spacial score (nSPS) is 9.81. The minimum Gasteiger partial charge on any atom is -0.438 e. The number of aryl methyl sites for hydroxylation is 1. The van der Waals surface area contributed by atoms with Crippen molar-refractivity contribution in [2.75, 3.05) is 0 Å². The van der Waals surface area contributed by atoms with Gasteiger partial charge >= 0.3 is 0 Å². The number of nitrogens with zero attached hydrogens (tertiary/aromatic N) is 1. The number of aromatic nitrogens is 1. The first-order valence-corrected chi connectivity index (χ1v) is 4.95. The fourth-order valence-electron chi connectivity index (χ4n) is 1.35. The van der Waals surface area contributed by atoms with E-state index in [-0.39, 0.29) is 0 Å². The van der Waals surface area contributed by atoms with Gasteiger partial charge in [-0.3, -0.25) is 4.79 Å². The van der Waals surface area contributed by atoms with Crippen molar-refractivity contribution in [3.05, 3.63) is 53.7 Å². The summed E-state index contributed by atoms with van der Waals surface area (Å²) in [6.07, 6.45) is 2.33. The number of aldehydes is 1. The SMILES string of the molecule is Cc1ccccc1Oc1ncccc1C=O. The molecular formula is C13H11NO2. The van der Waals surface area contributed by atoms with E-state index in [0.717, 1.165) is 11.8 Å². The second-order valence-electron chi connectivity index (χ2n) is 3.38. The fourth-order valence-corrected chi connectivity index (χ4v) is 1.35. The van der Waals surface area contributed by atoms with E-state index in [1.807, 2.05) is 31.2 Å². The summed E-state index contributed by atoms with van der Waals surface area (Å²) in [6.45, 7) is 1.94. The summed E-state index contributed by atoms with van der Waals surface area (Å²) < 4.78 is 5.59. The van der Waals surface area contributed by atoms with Crippen molar-refractivity contribution in [1.82, 2.24) is 4.98 Å². The highest BCUT2D eigenvalue weighted by Crippen LogP contribution is 2.24. The van der Waals surface area contributed by atoms with Crippen LogP contribution >= 0.6 is 0 Å². The molecule has 0 spiro atoms. The van der Waals surface area contributed by atoms with Gasteiger partial charge in [-0.2, -0.15) is 0 Å². The third-order valence-corrected chi connectivity index (χ3v) is 2.23. The molecule has 80 valence electrons. The summed E-state index contributed by atoms with van der Waals surface area (Å²) in [5.41, 5.74) is 1.45. The Balaban J connectivity index is 2.34. The van der Waals surface area contributed by atoms with Gasteiger partial charge in [0.25, 0.3) is 0 Å². The highest BCUT2D eigenvalue weighted by Gasteiger charge is 2.06. The smallest absolute Gasteiger partial charge is 0.229 e. The molecule has 0 fully saturated rings. The van der Waals surface area contributed by atoms with Crippen LogP contribution in [-0.4, -0.2) is 11.3 Å². The molecule has 0 N–H and O–H groups in total. The molecule has 0 radical (unpaired) electrons. The topological polar surface area (TPSA) is 39.2 Å². The maximum Gasteiger partial charge on any atom is 0.229 e. The first kappa shape index (κ1) is 10.4. The number of ether oxygens (including phenoxy) is 1. The van der Waals surface area contributed by atoms with Gasteiger partial charge in [-0.15, -0.1) is 0 Å². The van der Waals surface area contributed by atoms with E-state index in [9.17, 15) is 4.79 Å². The molecule has 1 heterocycles. The lowest BCUT2D eigenvalue weighted by molar-refractivity contribution is 0.112.